The monoisotopic (exact) mass is 379 g/mol. The Kier molecular flexibility index (Phi) is 5.30. The Balaban J connectivity index is 1.67. The molecule has 0 saturated carbocycles. The van der Waals surface area contributed by atoms with Crippen molar-refractivity contribution in [2.45, 2.75) is 0 Å². The van der Waals surface area contributed by atoms with Crippen LogP contribution in [-0.4, -0.2) is 61.3 Å². The van der Waals surface area contributed by atoms with Gasteiger partial charge in [-0.1, -0.05) is 23.2 Å². The molecule has 1 fully saturated rings. The second-order valence-electron chi connectivity index (χ2n) is 6.07. The van der Waals surface area contributed by atoms with E-state index in [4.69, 9.17) is 23.2 Å². The highest BCUT2D eigenvalue weighted by Gasteiger charge is 2.24. The maximum Gasteiger partial charge on any atom is 0.255 e. The van der Waals surface area contributed by atoms with E-state index < -0.39 is 0 Å². The molecule has 1 aliphatic heterocycles. The van der Waals surface area contributed by atoms with Gasteiger partial charge in [0.25, 0.3) is 5.91 Å². The van der Waals surface area contributed by atoms with Gasteiger partial charge in [0.1, 0.15) is 0 Å². The first-order chi connectivity index (χ1) is 12.0. The van der Waals surface area contributed by atoms with Gasteiger partial charge < -0.3 is 14.7 Å². The number of carbonyl (C=O) groups excluding carboxylic acids is 1. The van der Waals surface area contributed by atoms with Gasteiger partial charge in [-0.3, -0.25) is 4.79 Å². The fraction of sp³-hybridized carbons (Fsp3) is 0.353. The molecule has 0 aliphatic carbocycles. The van der Waals surface area contributed by atoms with E-state index in [9.17, 15) is 4.79 Å². The molecule has 0 atom stereocenters. The third kappa shape index (κ3) is 3.96. The molecule has 6 nitrogen and oxygen atoms in total. The molecule has 0 unspecified atom stereocenters. The maximum absolute atomic E-state index is 12.7. The summed E-state index contributed by atoms with van der Waals surface area (Å²) in [7, 11) is 3.93. The van der Waals surface area contributed by atoms with Crippen LogP contribution in [-0.2, 0) is 0 Å². The van der Waals surface area contributed by atoms with Crippen LogP contribution in [0.5, 0.6) is 0 Å². The summed E-state index contributed by atoms with van der Waals surface area (Å²) in [6.07, 6.45) is 1.73. The van der Waals surface area contributed by atoms with E-state index in [0.717, 1.165) is 11.5 Å². The summed E-state index contributed by atoms with van der Waals surface area (Å²) in [6.45, 7) is 2.60. The first-order valence-electron chi connectivity index (χ1n) is 7.95. The zero-order valence-electron chi connectivity index (χ0n) is 14.1. The van der Waals surface area contributed by atoms with Gasteiger partial charge in [-0.15, -0.1) is 5.10 Å². The van der Waals surface area contributed by atoms with Crippen LogP contribution in [0, 0.1) is 0 Å². The molecule has 2 heterocycles. The molecule has 1 aromatic carbocycles. The minimum absolute atomic E-state index is 0.0746. The first-order valence-corrected chi connectivity index (χ1v) is 8.70. The van der Waals surface area contributed by atoms with Crippen LogP contribution < -0.4 is 9.80 Å². The number of rotatable bonds is 3. The summed E-state index contributed by atoms with van der Waals surface area (Å²) in [5.74, 6) is 0.747. The molecule has 0 bridgehead atoms. The molecule has 132 valence electrons. The number of amides is 1. The van der Waals surface area contributed by atoms with Crippen LogP contribution >= 0.6 is 23.2 Å². The standard InChI is InChI=1S/C17H19Cl2N5O/c1-22(2)13-10-16(21-20-11-13)23-5-7-24(8-6-23)17(25)14-4-3-12(18)9-15(14)19/h3-4,9-11H,5-8H2,1-2H3. The van der Waals surface area contributed by atoms with Crippen LogP contribution in [0.4, 0.5) is 11.5 Å². The lowest BCUT2D eigenvalue weighted by molar-refractivity contribution is 0.0746. The average Bonchev–Trinajstić information content (AvgIpc) is 2.61. The van der Waals surface area contributed by atoms with E-state index in [-0.39, 0.29) is 5.91 Å². The van der Waals surface area contributed by atoms with Gasteiger partial charge in [-0.25, -0.2) is 0 Å². The Morgan fingerprint density at radius 1 is 1.12 bits per heavy atom. The first kappa shape index (κ1) is 17.8. The molecule has 3 rings (SSSR count). The average molecular weight is 380 g/mol. The van der Waals surface area contributed by atoms with E-state index in [1.165, 1.54) is 0 Å². The lowest BCUT2D eigenvalue weighted by atomic mass is 10.1. The van der Waals surface area contributed by atoms with Crippen molar-refractivity contribution in [2.75, 3.05) is 50.1 Å². The summed E-state index contributed by atoms with van der Waals surface area (Å²) in [5, 5.41) is 9.16. The highest BCUT2D eigenvalue weighted by Crippen LogP contribution is 2.24. The second kappa shape index (κ2) is 7.45. The normalized spacial score (nSPS) is 14.6. The van der Waals surface area contributed by atoms with E-state index in [1.54, 1.807) is 29.3 Å². The Bertz CT molecular complexity index is 775. The van der Waals surface area contributed by atoms with Crippen molar-refractivity contribution < 1.29 is 4.79 Å². The zero-order valence-corrected chi connectivity index (χ0v) is 15.6. The topological polar surface area (TPSA) is 52.6 Å². The lowest BCUT2D eigenvalue weighted by Gasteiger charge is -2.35. The minimum Gasteiger partial charge on any atom is -0.376 e. The van der Waals surface area contributed by atoms with Crippen LogP contribution in [0.15, 0.2) is 30.5 Å². The predicted molar refractivity (Wildman–Crippen MR) is 101 cm³/mol. The lowest BCUT2D eigenvalue weighted by Crippen LogP contribution is -2.49. The summed E-state index contributed by atoms with van der Waals surface area (Å²) < 4.78 is 0. The summed E-state index contributed by atoms with van der Waals surface area (Å²) in [5.41, 5.74) is 1.48. The van der Waals surface area contributed by atoms with E-state index in [0.29, 0.717) is 41.8 Å². The maximum atomic E-state index is 12.7. The van der Waals surface area contributed by atoms with Crippen LogP contribution in [0.25, 0.3) is 0 Å². The number of hydrogen-bond acceptors (Lipinski definition) is 5. The van der Waals surface area contributed by atoms with Gasteiger partial charge in [0.2, 0.25) is 0 Å². The molecule has 25 heavy (non-hydrogen) atoms. The van der Waals surface area contributed by atoms with Gasteiger partial charge in [0.15, 0.2) is 5.82 Å². The van der Waals surface area contributed by atoms with Gasteiger partial charge in [-0.05, 0) is 18.2 Å². The number of carbonyl (C=O) groups is 1. The Labute approximate surface area is 156 Å². The molecule has 1 aliphatic rings. The van der Waals surface area contributed by atoms with Crippen molar-refractivity contribution in [3.05, 3.63) is 46.1 Å². The number of halogens is 2. The molecule has 2 aromatic rings. The second-order valence-corrected chi connectivity index (χ2v) is 6.91. The largest absolute Gasteiger partial charge is 0.376 e. The summed E-state index contributed by atoms with van der Waals surface area (Å²) in [6, 6.07) is 6.94. The smallest absolute Gasteiger partial charge is 0.255 e. The third-order valence-electron chi connectivity index (χ3n) is 4.20. The Morgan fingerprint density at radius 2 is 1.84 bits per heavy atom. The summed E-state index contributed by atoms with van der Waals surface area (Å²) in [4.78, 5) is 18.6. The van der Waals surface area contributed by atoms with Crippen LogP contribution in [0.2, 0.25) is 10.0 Å². The predicted octanol–water partition coefficient (Wildman–Crippen LogP) is 2.81. The molecule has 1 saturated heterocycles. The van der Waals surface area contributed by atoms with E-state index >= 15 is 0 Å². The Hall–Kier alpha value is -2.05. The molecular weight excluding hydrogens is 361 g/mol. The number of aromatic nitrogens is 2. The van der Waals surface area contributed by atoms with Crippen LogP contribution in [0.3, 0.4) is 0 Å². The zero-order chi connectivity index (χ0) is 18.0. The molecule has 1 amide bonds. The van der Waals surface area contributed by atoms with Crippen LogP contribution in [0.1, 0.15) is 10.4 Å². The molecule has 0 N–H and O–H groups in total. The number of hydrogen-bond donors (Lipinski definition) is 0. The van der Waals surface area contributed by atoms with Crippen molar-refractivity contribution >= 4 is 40.6 Å². The number of anilines is 2. The van der Waals surface area contributed by atoms with Gasteiger partial charge in [-0.2, -0.15) is 5.10 Å². The Morgan fingerprint density at radius 3 is 2.48 bits per heavy atom. The fourth-order valence-electron chi connectivity index (χ4n) is 2.72. The molecule has 1 aromatic heterocycles. The fourth-order valence-corrected chi connectivity index (χ4v) is 3.21. The van der Waals surface area contributed by atoms with Crippen molar-refractivity contribution in [2.24, 2.45) is 0 Å². The summed E-state index contributed by atoms with van der Waals surface area (Å²) >= 11 is 12.0. The van der Waals surface area contributed by atoms with Crippen molar-refractivity contribution in [1.29, 1.82) is 0 Å². The number of benzene rings is 1. The molecule has 8 heteroatoms. The molecular formula is C17H19Cl2N5O. The van der Waals surface area contributed by atoms with Gasteiger partial charge in [0, 0.05) is 51.4 Å². The van der Waals surface area contributed by atoms with E-state index in [1.807, 2.05) is 25.1 Å². The highest BCUT2D eigenvalue weighted by atomic mass is 35.5. The van der Waals surface area contributed by atoms with Crippen molar-refractivity contribution in [3.8, 4) is 0 Å². The third-order valence-corrected chi connectivity index (χ3v) is 4.74. The van der Waals surface area contributed by atoms with Crippen molar-refractivity contribution in [3.63, 3.8) is 0 Å². The number of nitrogens with zero attached hydrogens (tertiary/aromatic N) is 5. The van der Waals surface area contributed by atoms with Crippen molar-refractivity contribution in [1.82, 2.24) is 15.1 Å². The quantitative estimate of drug-likeness (QED) is 0.820. The molecule has 0 radical (unpaired) electrons. The number of piperazine rings is 1. The minimum atomic E-state index is -0.0746. The van der Waals surface area contributed by atoms with Gasteiger partial charge >= 0.3 is 0 Å². The van der Waals surface area contributed by atoms with E-state index in [2.05, 4.69) is 15.1 Å². The molecule has 0 spiro atoms. The SMILES string of the molecule is CN(C)c1cnnc(N2CCN(C(=O)c3ccc(Cl)cc3Cl)CC2)c1. The highest BCUT2D eigenvalue weighted by molar-refractivity contribution is 6.36. The van der Waals surface area contributed by atoms with Gasteiger partial charge in [0.05, 0.1) is 22.5 Å².